The molecule has 5 aromatic rings. The van der Waals surface area contributed by atoms with E-state index >= 15 is 0 Å². The average molecular weight is 287 g/mol. The van der Waals surface area contributed by atoms with Gasteiger partial charge in [0.1, 0.15) is 11.0 Å². The predicted octanol–water partition coefficient (Wildman–Crippen LogP) is 4.50. The van der Waals surface area contributed by atoms with Crippen molar-refractivity contribution in [2.45, 2.75) is 20.8 Å². The highest BCUT2D eigenvalue weighted by atomic mass is 15.9. The van der Waals surface area contributed by atoms with Crippen LogP contribution < -0.4 is 0 Å². The number of hydrogen-bond donors (Lipinski definition) is 0. The first kappa shape index (κ1) is 11.9. The van der Waals surface area contributed by atoms with Crippen LogP contribution in [0.25, 0.3) is 27.5 Å². The molecule has 3 heteroatoms. The van der Waals surface area contributed by atoms with Crippen molar-refractivity contribution in [1.29, 1.82) is 0 Å². The van der Waals surface area contributed by atoms with Crippen molar-refractivity contribution in [1.82, 2.24) is 14.1 Å². The lowest BCUT2D eigenvalue weighted by molar-refractivity contribution is 1.01. The Labute approximate surface area is 128 Å². The number of benzene rings is 3. The van der Waals surface area contributed by atoms with Crippen LogP contribution in [0.1, 0.15) is 16.7 Å². The summed E-state index contributed by atoms with van der Waals surface area (Å²) in [5.41, 5.74) is 7.84. The van der Waals surface area contributed by atoms with Gasteiger partial charge >= 0.3 is 0 Å². The van der Waals surface area contributed by atoms with Gasteiger partial charge in [0.25, 0.3) is 0 Å². The topological polar surface area (TPSA) is 13.8 Å². The fraction of sp³-hybridized carbons (Fsp3) is 0.158. The zero-order valence-corrected chi connectivity index (χ0v) is 13.0. The quantitative estimate of drug-likeness (QED) is 0.431. The van der Waals surface area contributed by atoms with Gasteiger partial charge in [-0.3, -0.25) is 0 Å². The third kappa shape index (κ3) is 1.31. The maximum Gasteiger partial charge on any atom is 0.121 e. The zero-order chi connectivity index (χ0) is 15.0. The van der Waals surface area contributed by atoms with Gasteiger partial charge in [-0.05, 0) is 61.0 Å². The van der Waals surface area contributed by atoms with Crippen molar-refractivity contribution >= 4 is 21.8 Å². The minimum Gasteiger partial charge on any atom is -0.150 e. The number of rotatable bonds is 1. The van der Waals surface area contributed by atoms with Gasteiger partial charge in [-0.15, -0.1) is 9.26 Å². The SMILES string of the molecule is Cc1ccc(-n2n3c4cc(C)c5ccccc5c4n23)cc1C. The molecule has 108 valence electrons. The van der Waals surface area contributed by atoms with Crippen LogP contribution in [0.5, 0.6) is 0 Å². The number of nitrogens with zero attached hydrogens (tertiary/aromatic N) is 3. The van der Waals surface area contributed by atoms with Crippen LogP contribution in [0, 0.1) is 20.8 Å². The minimum absolute atomic E-state index is 1.22. The molecule has 0 aliphatic rings. The summed E-state index contributed by atoms with van der Waals surface area (Å²) >= 11 is 0. The molecule has 0 saturated heterocycles. The van der Waals surface area contributed by atoms with Crippen molar-refractivity contribution < 1.29 is 0 Å². The van der Waals surface area contributed by atoms with Gasteiger partial charge in [-0.1, -0.05) is 30.3 Å². The molecule has 5 rings (SSSR count). The number of hydrogen-bond acceptors (Lipinski definition) is 0. The van der Waals surface area contributed by atoms with Gasteiger partial charge < -0.3 is 0 Å². The molecule has 2 heterocycles. The second-order valence-electron chi connectivity index (χ2n) is 6.24. The molecule has 0 bridgehead atoms. The number of aryl methyl sites for hydroxylation is 3. The summed E-state index contributed by atoms with van der Waals surface area (Å²) in [6.45, 7) is 6.51. The Hall–Kier alpha value is -2.68. The molecule has 0 spiro atoms. The zero-order valence-electron chi connectivity index (χ0n) is 13.0. The van der Waals surface area contributed by atoms with E-state index in [4.69, 9.17) is 0 Å². The van der Waals surface area contributed by atoms with E-state index in [1.54, 1.807) is 0 Å². The highest BCUT2D eigenvalue weighted by molar-refractivity contribution is 6.07. The molecule has 0 atom stereocenters. The largest absolute Gasteiger partial charge is 0.150 e. The molecule has 0 unspecified atom stereocenters. The third-order valence-electron chi connectivity index (χ3n) is 4.85. The maximum absolute atomic E-state index is 2.29. The van der Waals surface area contributed by atoms with Crippen LogP contribution >= 0.6 is 0 Å². The van der Waals surface area contributed by atoms with Crippen LogP contribution in [0.3, 0.4) is 0 Å². The lowest BCUT2D eigenvalue weighted by Crippen LogP contribution is -1.93. The normalized spacial score (nSPS) is 12.3. The molecule has 3 aromatic carbocycles. The summed E-state index contributed by atoms with van der Waals surface area (Å²) in [7, 11) is 0. The van der Waals surface area contributed by atoms with E-state index in [-0.39, 0.29) is 0 Å². The van der Waals surface area contributed by atoms with Crippen molar-refractivity contribution in [3.63, 3.8) is 0 Å². The van der Waals surface area contributed by atoms with Crippen LogP contribution in [0.15, 0.2) is 48.5 Å². The van der Waals surface area contributed by atoms with Crippen LogP contribution in [0.4, 0.5) is 0 Å². The average Bonchev–Trinajstić information content (AvgIpc) is 3.17. The van der Waals surface area contributed by atoms with E-state index < -0.39 is 0 Å². The molecular weight excluding hydrogens is 270 g/mol. The Balaban J connectivity index is 1.83. The molecule has 0 saturated carbocycles. The van der Waals surface area contributed by atoms with E-state index in [1.165, 1.54) is 44.2 Å². The molecule has 2 aromatic heterocycles. The van der Waals surface area contributed by atoms with Gasteiger partial charge in [0.2, 0.25) is 0 Å². The van der Waals surface area contributed by atoms with Crippen LogP contribution in [0.2, 0.25) is 0 Å². The Morgan fingerprint density at radius 3 is 2.23 bits per heavy atom. The predicted molar refractivity (Wildman–Crippen MR) is 90.6 cm³/mol. The first-order valence-electron chi connectivity index (χ1n) is 7.66. The Morgan fingerprint density at radius 2 is 1.45 bits per heavy atom. The van der Waals surface area contributed by atoms with Gasteiger partial charge in [0.15, 0.2) is 0 Å². The summed E-state index contributed by atoms with van der Waals surface area (Å²) in [5.74, 6) is 0. The second-order valence-corrected chi connectivity index (χ2v) is 6.24. The lowest BCUT2D eigenvalue weighted by Gasteiger charge is -2.06. The van der Waals surface area contributed by atoms with Gasteiger partial charge in [0, 0.05) is 5.39 Å². The number of aromatic nitrogens is 3. The smallest absolute Gasteiger partial charge is 0.121 e. The summed E-state index contributed by atoms with van der Waals surface area (Å²) < 4.78 is 4.49. The third-order valence-corrected chi connectivity index (χ3v) is 4.85. The van der Waals surface area contributed by atoms with Crippen LogP contribution in [-0.2, 0) is 0 Å². The molecule has 0 aliphatic heterocycles. The number of fused-ring (bicyclic) bond motifs is 6. The highest BCUT2D eigenvalue weighted by Gasteiger charge is 2.26. The van der Waals surface area contributed by atoms with Crippen molar-refractivity contribution in [2.75, 3.05) is 0 Å². The Bertz CT molecular complexity index is 1150. The molecule has 0 radical (unpaired) electrons. The van der Waals surface area contributed by atoms with E-state index in [9.17, 15) is 0 Å². The maximum atomic E-state index is 2.29. The fourth-order valence-electron chi connectivity index (χ4n) is 3.43. The first-order valence-corrected chi connectivity index (χ1v) is 7.66. The molecule has 0 fully saturated rings. The minimum atomic E-state index is 1.22. The Morgan fingerprint density at radius 1 is 0.682 bits per heavy atom. The summed E-state index contributed by atoms with van der Waals surface area (Å²) in [4.78, 5) is 2.24. The lowest BCUT2D eigenvalue weighted by atomic mass is 10.0. The monoisotopic (exact) mass is 287 g/mol. The van der Waals surface area contributed by atoms with E-state index in [0.29, 0.717) is 0 Å². The van der Waals surface area contributed by atoms with Gasteiger partial charge in [-0.2, -0.15) is 4.80 Å². The van der Waals surface area contributed by atoms with Gasteiger partial charge in [-0.25, -0.2) is 0 Å². The van der Waals surface area contributed by atoms with Crippen molar-refractivity contribution in [3.8, 4) is 5.69 Å². The molecule has 3 nitrogen and oxygen atoms in total. The molecular formula is C19H17N3. The Kier molecular flexibility index (Phi) is 2.03. The molecule has 22 heavy (non-hydrogen) atoms. The summed E-state index contributed by atoms with van der Waals surface area (Å²) in [5, 5.41) is 2.67. The fourth-order valence-corrected chi connectivity index (χ4v) is 3.43. The van der Waals surface area contributed by atoms with E-state index in [0.717, 1.165) is 0 Å². The standard InChI is InChI=1S/C19H17N3/c1-12-8-9-15(10-13(12)2)20-21-18-11-14(3)16-6-4-5-7-17(16)19(18)22(20)21/h4-11H,1-3H3. The molecule has 0 N–H and O–H groups in total. The van der Waals surface area contributed by atoms with Crippen molar-refractivity contribution in [2.24, 2.45) is 0 Å². The van der Waals surface area contributed by atoms with Crippen LogP contribution in [-0.4, -0.2) is 14.1 Å². The second kappa shape index (κ2) is 3.74. The van der Waals surface area contributed by atoms with Crippen molar-refractivity contribution in [3.05, 3.63) is 65.2 Å². The van der Waals surface area contributed by atoms with Gasteiger partial charge in [0.05, 0.1) is 5.69 Å². The molecule has 0 amide bonds. The summed E-state index contributed by atoms with van der Waals surface area (Å²) in [6, 6.07) is 17.6. The highest BCUT2D eigenvalue weighted by Crippen LogP contribution is 2.34. The molecule has 0 aliphatic carbocycles. The van der Waals surface area contributed by atoms with E-state index in [1.807, 2.05) is 0 Å². The van der Waals surface area contributed by atoms with E-state index in [2.05, 4.69) is 83.4 Å². The first-order chi connectivity index (χ1) is 10.7. The summed E-state index contributed by atoms with van der Waals surface area (Å²) in [6.07, 6.45) is 0.